The molecule has 118 valence electrons. The zero-order valence-electron chi connectivity index (χ0n) is 13.4. The van der Waals surface area contributed by atoms with Crippen LogP contribution in [-0.4, -0.2) is 33.5 Å². The van der Waals surface area contributed by atoms with Gasteiger partial charge in [0.05, 0.1) is 20.3 Å². The van der Waals surface area contributed by atoms with Crippen molar-refractivity contribution in [3.05, 3.63) is 23.8 Å². The lowest BCUT2D eigenvalue weighted by Gasteiger charge is -2.17. The summed E-state index contributed by atoms with van der Waals surface area (Å²) >= 11 is 0. The second-order valence-corrected chi connectivity index (χ2v) is 6.01. The summed E-state index contributed by atoms with van der Waals surface area (Å²) in [7, 11) is 1.69. The first-order chi connectivity index (χ1) is 10.2. The van der Waals surface area contributed by atoms with Gasteiger partial charge < -0.3 is 19.5 Å². The Labute approximate surface area is 127 Å². The molecular formula is C17H27NO3. The lowest BCUT2D eigenvalue weighted by molar-refractivity contribution is 0.165. The molecule has 1 aromatic rings. The number of nitrogens with one attached hydrogen (secondary N) is 1. The number of ether oxygens (including phenoxy) is 3. The summed E-state index contributed by atoms with van der Waals surface area (Å²) in [4.78, 5) is 0. The van der Waals surface area contributed by atoms with Crippen LogP contribution in [-0.2, 0) is 11.3 Å². The number of hydrogen-bond acceptors (Lipinski definition) is 4. The average molecular weight is 293 g/mol. The van der Waals surface area contributed by atoms with Crippen molar-refractivity contribution in [1.29, 1.82) is 0 Å². The number of hydrogen-bond donors (Lipinski definition) is 1. The summed E-state index contributed by atoms with van der Waals surface area (Å²) in [6.07, 6.45) is 1.08. The third kappa shape index (κ3) is 4.90. The van der Waals surface area contributed by atoms with Gasteiger partial charge in [0, 0.05) is 24.6 Å². The lowest BCUT2D eigenvalue weighted by Crippen LogP contribution is -2.20. The summed E-state index contributed by atoms with van der Waals surface area (Å²) in [6, 6.07) is 6.06. The Morgan fingerprint density at radius 2 is 2.24 bits per heavy atom. The summed E-state index contributed by atoms with van der Waals surface area (Å²) in [5, 5.41) is 3.46. The Morgan fingerprint density at radius 1 is 1.38 bits per heavy atom. The average Bonchev–Trinajstić information content (AvgIpc) is 2.98. The summed E-state index contributed by atoms with van der Waals surface area (Å²) in [5.41, 5.74) is 1.15. The van der Waals surface area contributed by atoms with Crippen LogP contribution in [0.1, 0.15) is 25.8 Å². The van der Waals surface area contributed by atoms with Gasteiger partial charge in [-0.3, -0.25) is 0 Å². The molecule has 0 aromatic heterocycles. The maximum Gasteiger partial charge on any atom is 0.165 e. The van der Waals surface area contributed by atoms with Crippen molar-refractivity contribution in [2.24, 2.45) is 11.8 Å². The highest BCUT2D eigenvalue weighted by atomic mass is 16.5. The van der Waals surface area contributed by atoms with Crippen LogP contribution in [0.5, 0.6) is 11.5 Å². The van der Waals surface area contributed by atoms with Crippen molar-refractivity contribution in [2.45, 2.75) is 26.8 Å². The second kappa shape index (κ2) is 8.25. The molecule has 2 rings (SSSR count). The van der Waals surface area contributed by atoms with E-state index in [0.717, 1.165) is 49.8 Å². The molecule has 0 aliphatic carbocycles. The molecule has 1 saturated heterocycles. The van der Waals surface area contributed by atoms with E-state index in [-0.39, 0.29) is 0 Å². The van der Waals surface area contributed by atoms with Crippen LogP contribution in [0.25, 0.3) is 0 Å². The van der Waals surface area contributed by atoms with E-state index >= 15 is 0 Å². The van der Waals surface area contributed by atoms with Crippen molar-refractivity contribution in [2.75, 3.05) is 33.5 Å². The number of rotatable bonds is 8. The SMILES string of the molecule is COc1cccc(CNCC(C)C)c1OCC1CCOC1. The molecule has 0 radical (unpaired) electrons. The van der Waals surface area contributed by atoms with Gasteiger partial charge in [0.15, 0.2) is 11.5 Å². The maximum absolute atomic E-state index is 6.06. The number of methoxy groups -OCH3 is 1. The van der Waals surface area contributed by atoms with Gasteiger partial charge in [-0.1, -0.05) is 26.0 Å². The van der Waals surface area contributed by atoms with Gasteiger partial charge in [-0.15, -0.1) is 0 Å². The van der Waals surface area contributed by atoms with E-state index in [4.69, 9.17) is 14.2 Å². The van der Waals surface area contributed by atoms with Gasteiger partial charge in [-0.05, 0) is 24.9 Å². The first kappa shape index (κ1) is 16.1. The predicted octanol–water partition coefficient (Wildman–Crippen LogP) is 2.86. The van der Waals surface area contributed by atoms with Crippen LogP contribution < -0.4 is 14.8 Å². The van der Waals surface area contributed by atoms with Crippen LogP contribution in [0, 0.1) is 11.8 Å². The highest BCUT2D eigenvalue weighted by Crippen LogP contribution is 2.32. The molecule has 1 heterocycles. The molecule has 1 N–H and O–H groups in total. The Kier molecular flexibility index (Phi) is 6.33. The van der Waals surface area contributed by atoms with E-state index < -0.39 is 0 Å². The normalized spacial score (nSPS) is 18.2. The maximum atomic E-state index is 6.06. The van der Waals surface area contributed by atoms with Gasteiger partial charge in [0.2, 0.25) is 0 Å². The van der Waals surface area contributed by atoms with Gasteiger partial charge in [0.25, 0.3) is 0 Å². The zero-order chi connectivity index (χ0) is 15.1. The van der Waals surface area contributed by atoms with Crippen molar-refractivity contribution in [3.63, 3.8) is 0 Å². The molecule has 0 spiro atoms. The van der Waals surface area contributed by atoms with Gasteiger partial charge in [-0.25, -0.2) is 0 Å². The first-order valence-corrected chi connectivity index (χ1v) is 7.77. The van der Waals surface area contributed by atoms with Crippen molar-refractivity contribution in [1.82, 2.24) is 5.32 Å². The van der Waals surface area contributed by atoms with Crippen molar-refractivity contribution in [3.8, 4) is 11.5 Å². The van der Waals surface area contributed by atoms with Crippen LogP contribution >= 0.6 is 0 Å². The lowest BCUT2D eigenvalue weighted by atomic mass is 10.1. The quantitative estimate of drug-likeness (QED) is 0.800. The van der Waals surface area contributed by atoms with E-state index in [1.54, 1.807) is 7.11 Å². The van der Waals surface area contributed by atoms with Gasteiger partial charge in [-0.2, -0.15) is 0 Å². The van der Waals surface area contributed by atoms with E-state index in [0.29, 0.717) is 18.4 Å². The minimum atomic E-state index is 0.492. The molecule has 0 saturated carbocycles. The highest BCUT2D eigenvalue weighted by molar-refractivity contribution is 5.46. The standard InChI is InChI=1S/C17H27NO3/c1-13(2)9-18-10-15-5-4-6-16(19-3)17(15)21-12-14-7-8-20-11-14/h4-6,13-14,18H,7-12H2,1-3H3. The largest absolute Gasteiger partial charge is 0.493 e. The molecule has 1 aliphatic heterocycles. The Hall–Kier alpha value is -1.26. The van der Waals surface area contributed by atoms with E-state index in [2.05, 4.69) is 25.2 Å². The van der Waals surface area contributed by atoms with Crippen LogP contribution in [0.4, 0.5) is 0 Å². The number of para-hydroxylation sites is 1. The minimum absolute atomic E-state index is 0.492. The molecule has 1 aliphatic rings. The third-order valence-corrected chi connectivity index (χ3v) is 3.64. The molecule has 0 amide bonds. The van der Waals surface area contributed by atoms with Crippen molar-refractivity contribution >= 4 is 0 Å². The van der Waals surface area contributed by atoms with E-state index in [1.165, 1.54) is 0 Å². The Morgan fingerprint density at radius 3 is 2.90 bits per heavy atom. The molecule has 1 atom stereocenters. The fourth-order valence-electron chi connectivity index (χ4n) is 2.44. The van der Waals surface area contributed by atoms with Crippen molar-refractivity contribution < 1.29 is 14.2 Å². The fourth-order valence-corrected chi connectivity index (χ4v) is 2.44. The predicted molar refractivity (Wildman–Crippen MR) is 84.0 cm³/mol. The minimum Gasteiger partial charge on any atom is -0.493 e. The molecule has 1 unspecified atom stereocenters. The van der Waals surface area contributed by atoms with E-state index in [1.807, 2.05) is 12.1 Å². The third-order valence-electron chi connectivity index (χ3n) is 3.64. The molecule has 1 aromatic carbocycles. The summed E-state index contributed by atoms with van der Waals surface area (Å²) in [6.45, 7) is 8.54. The smallest absolute Gasteiger partial charge is 0.165 e. The number of benzene rings is 1. The molecule has 0 bridgehead atoms. The monoisotopic (exact) mass is 293 g/mol. The highest BCUT2D eigenvalue weighted by Gasteiger charge is 2.18. The Bertz CT molecular complexity index is 428. The Balaban J connectivity index is 2.00. The molecular weight excluding hydrogens is 266 g/mol. The summed E-state index contributed by atoms with van der Waals surface area (Å²) < 4.78 is 16.9. The zero-order valence-corrected chi connectivity index (χ0v) is 13.4. The van der Waals surface area contributed by atoms with Crippen LogP contribution in [0.2, 0.25) is 0 Å². The van der Waals surface area contributed by atoms with Crippen LogP contribution in [0.15, 0.2) is 18.2 Å². The van der Waals surface area contributed by atoms with Gasteiger partial charge >= 0.3 is 0 Å². The van der Waals surface area contributed by atoms with Gasteiger partial charge in [0.1, 0.15) is 0 Å². The molecule has 1 fully saturated rings. The molecule has 4 heteroatoms. The fraction of sp³-hybridized carbons (Fsp3) is 0.647. The van der Waals surface area contributed by atoms with Crippen LogP contribution in [0.3, 0.4) is 0 Å². The molecule has 21 heavy (non-hydrogen) atoms. The molecule has 4 nitrogen and oxygen atoms in total. The summed E-state index contributed by atoms with van der Waals surface area (Å²) in [5.74, 6) is 2.79. The second-order valence-electron chi connectivity index (χ2n) is 6.01. The van der Waals surface area contributed by atoms with E-state index in [9.17, 15) is 0 Å². The first-order valence-electron chi connectivity index (χ1n) is 7.77. The topological polar surface area (TPSA) is 39.7 Å².